The number of carbonyl (C=O) groups excluding carboxylic acids is 1. The molecule has 29 heavy (non-hydrogen) atoms. The Hall–Kier alpha value is -3.62. The monoisotopic (exact) mass is 397 g/mol. The zero-order chi connectivity index (χ0) is 21.1. The molecule has 3 rings (SSSR count). The number of aryl methyl sites for hydroxylation is 2. The van der Waals surface area contributed by atoms with E-state index < -0.39 is 0 Å². The lowest BCUT2D eigenvalue weighted by molar-refractivity contribution is -0.117. The van der Waals surface area contributed by atoms with E-state index in [0.29, 0.717) is 22.9 Å². The van der Waals surface area contributed by atoms with Gasteiger partial charge in [0.05, 0.1) is 25.6 Å². The third-order valence-corrected chi connectivity index (χ3v) is 4.59. The maximum Gasteiger partial charge on any atom is 0.267 e. The summed E-state index contributed by atoms with van der Waals surface area (Å²) in [5, 5.41) is 11.5. The SMILES string of the molecule is COc1ccc(NC(=O)Cn2nc(-c3c(C)nn(C)c3C)ccc2=O)cc1OC. The van der Waals surface area contributed by atoms with Gasteiger partial charge in [-0.1, -0.05) is 0 Å². The third kappa shape index (κ3) is 4.13. The molecule has 0 radical (unpaired) electrons. The molecular formula is C20H23N5O4. The van der Waals surface area contributed by atoms with Gasteiger partial charge in [-0.05, 0) is 32.0 Å². The molecule has 0 atom stereocenters. The largest absolute Gasteiger partial charge is 0.493 e. The quantitative estimate of drug-likeness (QED) is 0.682. The molecule has 152 valence electrons. The van der Waals surface area contributed by atoms with Crippen LogP contribution in [0.3, 0.4) is 0 Å². The van der Waals surface area contributed by atoms with Crippen molar-refractivity contribution in [3.63, 3.8) is 0 Å². The molecule has 0 aliphatic carbocycles. The summed E-state index contributed by atoms with van der Waals surface area (Å²) < 4.78 is 13.3. The van der Waals surface area contributed by atoms with Gasteiger partial charge in [-0.3, -0.25) is 14.3 Å². The van der Waals surface area contributed by atoms with E-state index >= 15 is 0 Å². The Morgan fingerprint density at radius 1 is 1.07 bits per heavy atom. The summed E-state index contributed by atoms with van der Waals surface area (Å²) in [6, 6.07) is 8.06. The van der Waals surface area contributed by atoms with Crippen LogP contribution in [0.25, 0.3) is 11.3 Å². The van der Waals surface area contributed by atoms with Crippen molar-refractivity contribution in [3.05, 3.63) is 52.1 Å². The van der Waals surface area contributed by atoms with Crippen molar-refractivity contribution >= 4 is 11.6 Å². The number of hydrogen-bond donors (Lipinski definition) is 1. The van der Waals surface area contributed by atoms with E-state index in [1.54, 1.807) is 28.9 Å². The highest BCUT2D eigenvalue weighted by Crippen LogP contribution is 2.29. The van der Waals surface area contributed by atoms with Crippen LogP contribution in [0, 0.1) is 13.8 Å². The van der Waals surface area contributed by atoms with E-state index in [0.717, 1.165) is 21.6 Å². The lowest BCUT2D eigenvalue weighted by Crippen LogP contribution is -2.29. The molecule has 9 nitrogen and oxygen atoms in total. The second-order valence-corrected chi connectivity index (χ2v) is 6.50. The Morgan fingerprint density at radius 3 is 2.41 bits per heavy atom. The smallest absolute Gasteiger partial charge is 0.267 e. The summed E-state index contributed by atoms with van der Waals surface area (Å²) in [7, 11) is 4.89. The predicted octanol–water partition coefficient (Wildman–Crippen LogP) is 1.92. The molecular weight excluding hydrogens is 374 g/mol. The zero-order valence-corrected chi connectivity index (χ0v) is 17.0. The fourth-order valence-electron chi connectivity index (χ4n) is 3.09. The number of nitrogens with one attached hydrogen (secondary N) is 1. The highest BCUT2D eigenvalue weighted by Gasteiger charge is 2.15. The van der Waals surface area contributed by atoms with Gasteiger partial charge in [-0.25, -0.2) is 4.68 Å². The van der Waals surface area contributed by atoms with Gasteiger partial charge < -0.3 is 14.8 Å². The Balaban J connectivity index is 1.83. The van der Waals surface area contributed by atoms with Crippen LogP contribution >= 0.6 is 0 Å². The van der Waals surface area contributed by atoms with Gasteiger partial charge in [0.15, 0.2) is 11.5 Å². The van der Waals surface area contributed by atoms with Gasteiger partial charge >= 0.3 is 0 Å². The molecule has 1 aromatic carbocycles. The van der Waals surface area contributed by atoms with Gasteiger partial charge in [-0.2, -0.15) is 10.2 Å². The van der Waals surface area contributed by atoms with Crippen LogP contribution < -0.4 is 20.3 Å². The molecule has 0 spiro atoms. The topological polar surface area (TPSA) is 100 Å². The molecule has 9 heteroatoms. The van der Waals surface area contributed by atoms with Crippen LogP contribution in [0.2, 0.25) is 0 Å². The van der Waals surface area contributed by atoms with Gasteiger partial charge in [0.2, 0.25) is 5.91 Å². The summed E-state index contributed by atoms with van der Waals surface area (Å²) in [6.45, 7) is 3.58. The van der Waals surface area contributed by atoms with E-state index in [2.05, 4.69) is 15.5 Å². The molecule has 0 fully saturated rings. The van der Waals surface area contributed by atoms with E-state index in [-0.39, 0.29) is 18.0 Å². The Bertz CT molecular complexity index is 1120. The minimum Gasteiger partial charge on any atom is -0.493 e. The van der Waals surface area contributed by atoms with E-state index in [1.807, 2.05) is 20.9 Å². The maximum absolute atomic E-state index is 12.5. The summed E-state index contributed by atoms with van der Waals surface area (Å²) >= 11 is 0. The van der Waals surface area contributed by atoms with Gasteiger partial charge in [0, 0.05) is 36.1 Å². The Labute approximate surface area is 167 Å². The van der Waals surface area contributed by atoms with Crippen molar-refractivity contribution in [1.82, 2.24) is 19.6 Å². The fourth-order valence-corrected chi connectivity index (χ4v) is 3.09. The first-order chi connectivity index (χ1) is 13.8. The van der Waals surface area contributed by atoms with Crippen LogP contribution in [-0.2, 0) is 18.4 Å². The van der Waals surface area contributed by atoms with Crippen LogP contribution in [0.4, 0.5) is 5.69 Å². The molecule has 3 aromatic rings. The third-order valence-electron chi connectivity index (χ3n) is 4.59. The standard InChI is InChI=1S/C20H23N5O4/c1-12-20(13(2)24(3)22-12)15-7-9-19(27)25(23-15)11-18(26)21-14-6-8-16(28-4)17(10-14)29-5/h6-10H,11H2,1-5H3,(H,21,26). The summed E-state index contributed by atoms with van der Waals surface area (Å²) in [5.41, 5.74) is 3.33. The van der Waals surface area contributed by atoms with Crippen molar-refractivity contribution in [3.8, 4) is 22.8 Å². The number of anilines is 1. The second-order valence-electron chi connectivity index (χ2n) is 6.50. The molecule has 0 aliphatic rings. The number of aromatic nitrogens is 4. The molecule has 0 bridgehead atoms. The van der Waals surface area contributed by atoms with Crippen LogP contribution in [0.15, 0.2) is 35.1 Å². The lowest BCUT2D eigenvalue weighted by Gasteiger charge is -2.11. The minimum atomic E-state index is -0.386. The second kappa shape index (κ2) is 8.17. The first kappa shape index (κ1) is 20.1. The van der Waals surface area contributed by atoms with E-state index in [1.165, 1.54) is 20.3 Å². The molecule has 0 aliphatic heterocycles. The van der Waals surface area contributed by atoms with Crippen molar-refractivity contribution < 1.29 is 14.3 Å². The van der Waals surface area contributed by atoms with Crippen molar-refractivity contribution in [1.29, 1.82) is 0 Å². The van der Waals surface area contributed by atoms with Crippen LogP contribution in [0.5, 0.6) is 11.5 Å². The van der Waals surface area contributed by atoms with Crippen LogP contribution in [-0.4, -0.2) is 39.7 Å². The average Bonchev–Trinajstić information content (AvgIpc) is 2.95. The molecule has 2 heterocycles. The summed E-state index contributed by atoms with van der Waals surface area (Å²) in [5.74, 6) is 0.659. The Kier molecular flexibility index (Phi) is 5.67. The number of amides is 1. The molecule has 1 amide bonds. The molecule has 1 N–H and O–H groups in total. The van der Waals surface area contributed by atoms with Crippen molar-refractivity contribution in [2.24, 2.45) is 7.05 Å². The molecule has 2 aromatic heterocycles. The molecule has 0 unspecified atom stereocenters. The maximum atomic E-state index is 12.5. The molecule has 0 saturated heterocycles. The van der Waals surface area contributed by atoms with Crippen molar-refractivity contribution in [2.75, 3.05) is 19.5 Å². The highest BCUT2D eigenvalue weighted by molar-refractivity contribution is 5.90. The number of hydrogen-bond acceptors (Lipinski definition) is 6. The molecule has 0 saturated carbocycles. The number of benzene rings is 1. The number of methoxy groups -OCH3 is 2. The number of ether oxygens (including phenoxy) is 2. The first-order valence-electron chi connectivity index (χ1n) is 8.94. The van der Waals surface area contributed by atoms with E-state index in [9.17, 15) is 9.59 Å². The number of rotatable bonds is 6. The lowest BCUT2D eigenvalue weighted by atomic mass is 10.1. The van der Waals surface area contributed by atoms with Crippen LogP contribution in [0.1, 0.15) is 11.4 Å². The summed E-state index contributed by atoms with van der Waals surface area (Å²) in [4.78, 5) is 24.7. The number of nitrogens with zero attached hydrogens (tertiary/aromatic N) is 4. The number of carbonyl (C=O) groups is 1. The van der Waals surface area contributed by atoms with Crippen molar-refractivity contribution in [2.45, 2.75) is 20.4 Å². The van der Waals surface area contributed by atoms with E-state index in [4.69, 9.17) is 9.47 Å². The average molecular weight is 397 g/mol. The highest BCUT2D eigenvalue weighted by atomic mass is 16.5. The van der Waals surface area contributed by atoms with Gasteiger partial charge in [0.1, 0.15) is 6.54 Å². The van der Waals surface area contributed by atoms with Gasteiger partial charge in [0.25, 0.3) is 5.56 Å². The Morgan fingerprint density at radius 2 is 1.79 bits per heavy atom. The predicted molar refractivity (Wildman–Crippen MR) is 108 cm³/mol. The summed E-state index contributed by atoms with van der Waals surface area (Å²) in [6.07, 6.45) is 0. The minimum absolute atomic E-state index is 0.223. The first-order valence-corrected chi connectivity index (χ1v) is 8.94. The van der Waals surface area contributed by atoms with Gasteiger partial charge in [-0.15, -0.1) is 0 Å². The fraction of sp³-hybridized carbons (Fsp3) is 0.300. The normalized spacial score (nSPS) is 10.7. The zero-order valence-electron chi connectivity index (χ0n) is 17.0.